The Kier molecular flexibility index (Phi) is 12.4. The third-order valence-corrected chi connectivity index (χ3v) is 7.84. The normalized spacial score (nSPS) is 12.9. The van der Waals surface area contributed by atoms with Crippen molar-refractivity contribution in [1.82, 2.24) is 10.2 Å². The number of halogens is 1. The van der Waals surface area contributed by atoms with Gasteiger partial charge in [-0.25, -0.2) is 8.42 Å². The topological polar surface area (TPSA) is 96.0 Å². The maximum atomic E-state index is 13.5. The summed E-state index contributed by atoms with van der Waals surface area (Å²) in [5.74, 6) is 0.196. The van der Waals surface area contributed by atoms with E-state index in [0.717, 1.165) is 18.2 Å². The predicted octanol–water partition coefficient (Wildman–Crippen LogP) is 5.01. The number of sulfonamides is 1. The van der Waals surface area contributed by atoms with Crippen molar-refractivity contribution < 1.29 is 22.7 Å². The first kappa shape index (κ1) is 31.4. The number of amides is 2. The molecule has 2 amide bonds. The summed E-state index contributed by atoms with van der Waals surface area (Å²) in [5.41, 5.74) is 1.24. The Balaban J connectivity index is 2.22. The summed E-state index contributed by atoms with van der Waals surface area (Å²) in [6, 6.07) is 13.3. The van der Waals surface area contributed by atoms with Crippen LogP contribution in [-0.4, -0.2) is 56.6 Å². The van der Waals surface area contributed by atoms with E-state index >= 15 is 0 Å². The molecule has 10 heteroatoms. The molecule has 0 spiro atoms. The molecule has 2 atom stereocenters. The SMILES string of the molecule is CCOc1ccc(N(CCCC(=O)N(Cc2ccccc2Cl)[C@@H](CC)C(=O)N[C@@H](C)CC)S(C)(=O)=O)cc1. The molecule has 0 aliphatic rings. The summed E-state index contributed by atoms with van der Waals surface area (Å²) in [4.78, 5) is 28.2. The number of anilines is 1. The molecule has 0 bridgehead atoms. The Hall–Kier alpha value is -2.78. The molecular weight excluding hydrogens is 526 g/mol. The fourth-order valence-electron chi connectivity index (χ4n) is 4.05. The number of rotatable bonds is 15. The van der Waals surface area contributed by atoms with Crippen molar-refractivity contribution in [3.05, 3.63) is 59.1 Å². The molecule has 1 N–H and O–H groups in total. The average molecular weight is 566 g/mol. The number of carbonyl (C=O) groups excluding carboxylic acids is 2. The van der Waals surface area contributed by atoms with Crippen LogP contribution < -0.4 is 14.4 Å². The van der Waals surface area contributed by atoms with E-state index in [-0.39, 0.29) is 43.8 Å². The molecule has 0 saturated carbocycles. The number of nitrogens with zero attached hydrogens (tertiary/aromatic N) is 2. The van der Waals surface area contributed by atoms with Gasteiger partial charge in [0.2, 0.25) is 21.8 Å². The zero-order chi connectivity index (χ0) is 28.3. The highest BCUT2D eigenvalue weighted by molar-refractivity contribution is 7.92. The van der Waals surface area contributed by atoms with Gasteiger partial charge < -0.3 is 15.0 Å². The van der Waals surface area contributed by atoms with E-state index in [9.17, 15) is 18.0 Å². The standard InChI is InChI=1S/C28H40ClN3O5S/c1-6-21(4)30-28(34)26(7-2)31(20-22-12-9-10-13-25(22)29)27(33)14-11-19-32(38(5,35)36)23-15-17-24(18-16-23)37-8-3/h9-10,12-13,15-18,21,26H,6-8,11,14,19-20H2,1-5H3,(H,30,34)/t21-,26-/m0/s1. The van der Waals surface area contributed by atoms with Gasteiger partial charge in [-0.2, -0.15) is 0 Å². The second-order valence-electron chi connectivity index (χ2n) is 9.22. The molecule has 0 aliphatic heterocycles. The summed E-state index contributed by atoms with van der Waals surface area (Å²) in [6.45, 7) is 8.46. The van der Waals surface area contributed by atoms with E-state index in [0.29, 0.717) is 29.5 Å². The van der Waals surface area contributed by atoms with Crippen molar-refractivity contribution in [2.75, 3.05) is 23.7 Å². The van der Waals surface area contributed by atoms with Crippen molar-refractivity contribution in [2.24, 2.45) is 0 Å². The number of hydrogen-bond donors (Lipinski definition) is 1. The molecule has 0 heterocycles. The second-order valence-corrected chi connectivity index (χ2v) is 11.5. The first-order valence-corrected chi connectivity index (χ1v) is 15.3. The molecular formula is C28H40ClN3O5S. The maximum Gasteiger partial charge on any atom is 0.243 e. The lowest BCUT2D eigenvalue weighted by Crippen LogP contribution is -2.50. The van der Waals surface area contributed by atoms with Gasteiger partial charge in [-0.05, 0) is 69.0 Å². The molecule has 8 nitrogen and oxygen atoms in total. The summed E-state index contributed by atoms with van der Waals surface area (Å²) < 4.78 is 31.8. The van der Waals surface area contributed by atoms with Gasteiger partial charge in [0.15, 0.2) is 0 Å². The van der Waals surface area contributed by atoms with Crippen molar-refractivity contribution in [3.8, 4) is 5.75 Å². The van der Waals surface area contributed by atoms with E-state index in [1.165, 1.54) is 4.31 Å². The van der Waals surface area contributed by atoms with Gasteiger partial charge in [-0.3, -0.25) is 13.9 Å². The molecule has 2 aromatic rings. The van der Waals surface area contributed by atoms with Crippen LogP contribution in [0, 0.1) is 0 Å². The largest absolute Gasteiger partial charge is 0.494 e. The molecule has 2 aromatic carbocycles. The monoisotopic (exact) mass is 565 g/mol. The van der Waals surface area contributed by atoms with Gasteiger partial charge in [-0.1, -0.05) is 43.6 Å². The first-order chi connectivity index (χ1) is 18.0. The average Bonchev–Trinajstić information content (AvgIpc) is 2.87. The Morgan fingerprint density at radius 1 is 1.03 bits per heavy atom. The van der Waals surface area contributed by atoms with Crippen LogP contribution in [0.25, 0.3) is 0 Å². The Morgan fingerprint density at radius 3 is 2.24 bits per heavy atom. The number of ether oxygens (including phenoxy) is 1. The quantitative estimate of drug-likeness (QED) is 0.327. The van der Waals surface area contributed by atoms with E-state index in [1.54, 1.807) is 35.2 Å². The van der Waals surface area contributed by atoms with Crippen molar-refractivity contribution in [1.29, 1.82) is 0 Å². The van der Waals surface area contributed by atoms with E-state index in [1.807, 2.05) is 45.9 Å². The predicted molar refractivity (Wildman–Crippen MR) is 153 cm³/mol. The van der Waals surface area contributed by atoms with Crippen LogP contribution in [0.3, 0.4) is 0 Å². The molecule has 0 saturated heterocycles. The third-order valence-electron chi connectivity index (χ3n) is 6.27. The summed E-state index contributed by atoms with van der Waals surface area (Å²) in [6.07, 6.45) is 2.69. The van der Waals surface area contributed by atoms with Crippen LogP contribution in [0.5, 0.6) is 5.75 Å². The number of nitrogens with one attached hydrogen (secondary N) is 1. The van der Waals surface area contributed by atoms with Crippen LogP contribution in [0.4, 0.5) is 5.69 Å². The minimum absolute atomic E-state index is 0.0220. The molecule has 210 valence electrons. The molecule has 38 heavy (non-hydrogen) atoms. The zero-order valence-electron chi connectivity index (χ0n) is 22.9. The molecule has 0 radical (unpaired) electrons. The van der Waals surface area contributed by atoms with Crippen molar-refractivity contribution in [2.45, 2.75) is 72.0 Å². The Labute approximate surface area is 232 Å². The molecule has 0 aromatic heterocycles. The zero-order valence-corrected chi connectivity index (χ0v) is 24.5. The van der Waals surface area contributed by atoms with Gasteiger partial charge in [0.1, 0.15) is 11.8 Å². The van der Waals surface area contributed by atoms with Crippen LogP contribution in [-0.2, 0) is 26.2 Å². The summed E-state index contributed by atoms with van der Waals surface area (Å²) >= 11 is 6.38. The number of benzene rings is 2. The second kappa shape index (κ2) is 15.0. The lowest BCUT2D eigenvalue weighted by atomic mass is 10.1. The van der Waals surface area contributed by atoms with Crippen molar-refractivity contribution in [3.63, 3.8) is 0 Å². The fourth-order valence-corrected chi connectivity index (χ4v) is 5.21. The lowest BCUT2D eigenvalue weighted by molar-refractivity contribution is -0.141. The van der Waals surface area contributed by atoms with E-state index < -0.39 is 16.1 Å². The van der Waals surface area contributed by atoms with Crippen LogP contribution in [0.15, 0.2) is 48.5 Å². The number of hydrogen-bond acceptors (Lipinski definition) is 5. The number of carbonyl (C=O) groups is 2. The summed E-state index contributed by atoms with van der Waals surface area (Å²) in [7, 11) is -3.58. The van der Waals surface area contributed by atoms with E-state index in [2.05, 4.69) is 5.32 Å². The smallest absolute Gasteiger partial charge is 0.243 e. The lowest BCUT2D eigenvalue weighted by Gasteiger charge is -2.32. The van der Waals surface area contributed by atoms with Gasteiger partial charge >= 0.3 is 0 Å². The van der Waals surface area contributed by atoms with Gasteiger partial charge in [0.25, 0.3) is 0 Å². The first-order valence-electron chi connectivity index (χ1n) is 13.1. The molecule has 0 unspecified atom stereocenters. The minimum Gasteiger partial charge on any atom is -0.494 e. The maximum absolute atomic E-state index is 13.5. The van der Waals surface area contributed by atoms with Gasteiger partial charge in [0.05, 0.1) is 18.6 Å². The Morgan fingerprint density at radius 2 is 1.68 bits per heavy atom. The van der Waals surface area contributed by atoms with Crippen molar-refractivity contribution >= 4 is 39.1 Å². The van der Waals surface area contributed by atoms with Gasteiger partial charge in [0, 0.05) is 30.6 Å². The summed E-state index contributed by atoms with van der Waals surface area (Å²) in [5, 5.41) is 3.50. The highest BCUT2D eigenvalue weighted by atomic mass is 35.5. The van der Waals surface area contributed by atoms with E-state index in [4.69, 9.17) is 16.3 Å². The minimum atomic E-state index is -3.58. The third kappa shape index (κ3) is 9.20. The van der Waals surface area contributed by atoms with Crippen LogP contribution in [0.2, 0.25) is 5.02 Å². The molecule has 2 rings (SSSR count). The Bertz CT molecular complexity index is 1160. The van der Waals surface area contributed by atoms with Crippen LogP contribution >= 0.6 is 11.6 Å². The highest BCUT2D eigenvalue weighted by Crippen LogP contribution is 2.24. The highest BCUT2D eigenvalue weighted by Gasteiger charge is 2.29. The molecule has 0 aliphatic carbocycles. The fraction of sp³-hybridized carbons (Fsp3) is 0.500. The van der Waals surface area contributed by atoms with Crippen LogP contribution in [0.1, 0.15) is 58.9 Å². The molecule has 0 fully saturated rings. The van der Waals surface area contributed by atoms with Gasteiger partial charge in [-0.15, -0.1) is 0 Å².